The number of aromatic amines is 1. The second-order valence-electron chi connectivity index (χ2n) is 5.00. The minimum atomic E-state index is 0.183. The molecule has 1 aliphatic heterocycles. The van der Waals surface area contributed by atoms with Crippen LogP contribution in [0.3, 0.4) is 0 Å². The van der Waals surface area contributed by atoms with Gasteiger partial charge in [0.1, 0.15) is 0 Å². The van der Waals surface area contributed by atoms with Crippen molar-refractivity contribution >= 4 is 5.91 Å². The highest BCUT2D eigenvalue weighted by molar-refractivity contribution is 5.95. The molecule has 1 aromatic rings. The molecule has 1 saturated heterocycles. The van der Waals surface area contributed by atoms with Gasteiger partial charge in [-0.25, -0.2) is 0 Å². The molecular formula is C14H23N3O. The summed E-state index contributed by atoms with van der Waals surface area (Å²) < 4.78 is 0. The minimum Gasteiger partial charge on any atom is -0.365 e. The molecular weight excluding hydrogens is 226 g/mol. The van der Waals surface area contributed by atoms with Crippen LogP contribution in [-0.2, 0) is 0 Å². The van der Waals surface area contributed by atoms with E-state index in [-0.39, 0.29) is 5.91 Å². The number of H-pyrrole nitrogens is 1. The first-order valence-electron chi connectivity index (χ1n) is 6.89. The Morgan fingerprint density at radius 3 is 2.72 bits per heavy atom. The van der Waals surface area contributed by atoms with Crippen LogP contribution in [0.5, 0.6) is 0 Å². The molecule has 0 aromatic carbocycles. The molecule has 2 N–H and O–H groups in total. The number of hydrogen-bond acceptors (Lipinski definition) is 2. The zero-order chi connectivity index (χ0) is 13.0. The molecule has 2 heterocycles. The number of amides is 1. The molecule has 1 aromatic heterocycles. The van der Waals surface area contributed by atoms with Crippen LogP contribution in [0.4, 0.5) is 0 Å². The van der Waals surface area contributed by atoms with Crippen LogP contribution in [0.15, 0.2) is 12.3 Å². The molecule has 4 nitrogen and oxygen atoms in total. The average Bonchev–Trinajstić information content (AvgIpc) is 2.82. The van der Waals surface area contributed by atoms with Crippen molar-refractivity contribution in [3.8, 4) is 0 Å². The Labute approximate surface area is 109 Å². The van der Waals surface area contributed by atoms with Gasteiger partial charge in [-0.2, -0.15) is 0 Å². The van der Waals surface area contributed by atoms with Crippen LogP contribution in [0.1, 0.15) is 42.2 Å². The van der Waals surface area contributed by atoms with E-state index in [1.807, 2.05) is 19.2 Å². The molecule has 0 atom stereocenters. The van der Waals surface area contributed by atoms with Crippen molar-refractivity contribution in [1.82, 2.24) is 15.2 Å². The van der Waals surface area contributed by atoms with Crippen LogP contribution >= 0.6 is 0 Å². The Balaban J connectivity index is 2.13. The van der Waals surface area contributed by atoms with Crippen molar-refractivity contribution in [2.75, 3.05) is 19.6 Å². The van der Waals surface area contributed by atoms with Gasteiger partial charge in [-0.1, -0.05) is 6.92 Å². The number of carbonyl (C=O) groups is 1. The number of rotatable bonds is 4. The van der Waals surface area contributed by atoms with E-state index in [0.717, 1.165) is 50.2 Å². The maximum atomic E-state index is 12.6. The second-order valence-corrected chi connectivity index (χ2v) is 5.00. The van der Waals surface area contributed by atoms with Gasteiger partial charge in [0.05, 0.1) is 5.56 Å². The largest absolute Gasteiger partial charge is 0.365 e. The maximum absolute atomic E-state index is 12.6. The Bertz CT molecular complexity index is 393. The number of aromatic nitrogens is 1. The summed E-state index contributed by atoms with van der Waals surface area (Å²) in [4.78, 5) is 17.8. The monoisotopic (exact) mass is 249 g/mol. The Kier molecular flexibility index (Phi) is 4.42. The molecule has 0 aliphatic carbocycles. The van der Waals surface area contributed by atoms with Crippen LogP contribution in [-0.4, -0.2) is 41.5 Å². The van der Waals surface area contributed by atoms with E-state index < -0.39 is 0 Å². The molecule has 100 valence electrons. The zero-order valence-electron chi connectivity index (χ0n) is 11.3. The minimum absolute atomic E-state index is 0.183. The molecule has 0 unspecified atom stereocenters. The van der Waals surface area contributed by atoms with E-state index in [9.17, 15) is 4.79 Å². The van der Waals surface area contributed by atoms with Gasteiger partial charge >= 0.3 is 0 Å². The fourth-order valence-corrected chi connectivity index (χ4v) is 2.65. The number of aryl methyl sites for hydroxylation is 1. The van der Waals surface area contributed by atoms with Crippen molar-refractivity contribution < 1.29 is 4.79 Å². The fraction of sp³-hybridized carbons (Fsp3) is 0.643. The third-order valence-corrected chi connectivity index (χ3v) is 3.66. The summed E-state index contributed by atoms with van der Waals surface area (Å²) in [6.45, 7) is 6.98. The third-order valence-electron chi connectivity index (χ3n) is 3.66. The lowest BCUT2D eigenvalue weighted by Crippen LogP contribution is -2.46. The van der Waals surface area contributed by atoms with E-state index in [1.54, 1.807) is 0 Å². The summed E-state index contributed by atoms with van der Waals surface area (Å²) in [5, 5.41) is 3.35. The molecule has 0 saturated carbocycles. The van der Waals surface area contributed by atoms with Gasteiger partial charge in [0.2, 0.25) is 0 Å². The first-order valence-corrected chi connectivity index (χ1v) is 6.89. The average molecular weight is 249 g/mol. The number of nitrogens with one attached hydrogen (secondary N) is 2. The summed E-state index contributed by atoms with van der Waals surface area (Å²) in [6.07, 6.45) is 4.98. The highest BCUT2D eigenvalue weighted by Crippen LogP contribution is 2.17. The Morgan fingerprint density at radius 1 is 1.44 bits per heavy atom. The van der Waals surface area contributed by atoms with Gasteiger partial charge in [-0.3, -0.25) is 4.79 Å². The summed E-state index contributed by atoms with van der Waals surface area (Å²) in [6, 6.07) is 2.29. The lowest BCUT2D eigenvalue weighted by Gasteiger charge is -2.34. The molecule has 0 spiro atoms. The van der Waals surface area contributed by atoms with E-state index >= 15 is 0 Å². The van der Waals surface area contributed by atoms with Gasteiger partial charge in [0.15, 0.2) is 0 Å². The van der Waals surface area contributed by atoms with E-state index in [1.165, 1.54) is 0 Å². The van der Waals surface area contributed by atoms with Crippen molar-refractivity contribution in [1.29, 1.82) is 0 Å². The standard InChI is InChI=1S/C14H23N3O/c1-3-10-17(12-4-7-15-8-5-12)14(18)13-6-9-16-11(13)2/h6,9,12,15-16H,3-5,7-8,10H2,1-2H3. The van der Waals surface area contributed by atoms with E-state index in [4.69, 9.17) is 0 Å². The first-order chi connectivity index (χ1) is 8.74. The highest BCUT2D eigenvalue weighted by Gasteiger charge is 2.26. The van der Waals surface area contributed by atoms with Crippen molar-refractivity contribution in [3.63, 3.8) is 0 Å². The molecule has 0 bridgehead atoms. The maximum Gasteiger partial charge on any atom is 0.255 e. The topological polar surface area (TPSA) is 48.1 Å². The van der Waals surface area contributed by atoms with Crippen molar-refractivity contribution in [3.05, 3.63) is 23.5 Å². The number of nitrogens with zero attached hydrogens (tertiary/aromatic N) is 1. The van der Waals surface area contributed by atoms with Crippen LogP contribution in [0.2, 0.25) is 0 Å². The van der Waals surface area contributed by atoms with Gasteiger partial charge in [-0.05, 0) is 45.3 Å². The lowest BCUT2D eigenvalue weighted by atomic mass is 10.0. The highest BCUT2D eigenvalue weighted by atomic mass is 16.2. The molecule has 1 amide bonds. The second kappa shape index (κ2) is 6.05. The third kappa shape index (κ3) is 2.75. The van der Waals surface area contributed by atoms with Gasteiger partial charge < -0.3 is 15.2 Å². The van der Waals surface area contributed by atoms with E-state index in [2.05, 4.69) is 22.1 Å². The van der Waals surface area contributed by atoms with Crippen LogP contribution < -0.4 is 5.32 Å². The first kappa shape index (κ1) is 13.1. The Hall–Kier alpha value is -1.29. The van der Waals surface area contributed by atoms with Gasteiger partial charge in [0, 0.05) is 24.5 Å². The predicted molar refractivity (Wildman–Crippen MR) is 72.7 cm³/mol. The van der Waals surface area contributed by atoms with Crippen LogP contribution in [0, 0.1) is 6.92 Å². The molecule has 1 aliphatic rings. The summed E-state index contributed by atoms with van der Waals surface area (Å²) >= 11 is 0. The zero-order valence-corrected chi connectivity index (χ0v) is 11.3. The SMILES string of the molecule is CCCN(C(=O)c1cc[nH]c1C)C1CCNCC1. The van der Waals surface area contributed by atoms with Crippen LogP contribution in [0.25, 0.3) is 0 Å². The molecule has 4 heteroatoms. The Morgan fingerprint density at radius 2 is 2.17 bits per heavy atom. The summed E-state index contributed by atoms with van der Waals surface area (Å²) in [5.74, 6) is 0.183. The number of hydrogen-bond donors (Lipinski definition) is 2. The fourth-order valence-electron chi connectivity index (χ4n) is 2.65. The lowest BCUT2D eigenvalue weighted by molar-refractivity contribution is 0.0642. The predicted octanol–water partition coefficient (Wildman–Crippen LogP) is 1.93. The molecule has 18 heavy (non-hydrogen) atoms. The van der Waals surface area contributed by atoms with Gasteiger partial charge in [-0.15, -0.1) is 0 Å². The van der Waals surface area contributed by atoms with Gasteiger partial charge in [0.25, 0.3) is 5.91 Å². The summed E-state index contributed by atoms with van der Waals surface area (Å²) in [7, 11) is 0. The van der Waals surface area contributed by atoms with Crippen molar-refractivity contribution in [2.45, 2.75) is 39.2 Å². The normalized spacial score (nSPS) is 16.8. The van der Waals surface area contributed by atoms with Crippen molar-refractivity contribution in [2.24, 2.45) is 0 Å². The molecule has 1 fully saturated rings. The quantitative estimate of drug-likeness (QED) is 0.856. The number of carbonyl (C=O) groups excluding carboxylic acids is 1. The van der Waals surface area contributed by atoms with E-state index in [0.29, 0.717) is 6.04 Å². The summed E-state index contributed by atoms with van der Waals surface area (Å²) in [5.41, 5.74) is 1.79. The molecule has 2 rings (SSSR count). The molecule has 0 radical (unpaired) electrons. The smallest absolute Gasteiger partial charge is 0.255 e. The number of piperidine rings is 1.